The minimum Gasteiger partial charge on any atom is -0.376 e. The molecule has 0 unspecified atom stereocenters. The van der Waals surface area contributed by atoms with Gasteiger partial charge in [-0.05, 0) is 37.8 Å². The molecule has 1 N–H and O–H groups in total. The smallest absolute Gasteiger partial charge is 0.243 e. The standard InChI is InChI=1S/C19H24N4O4S3/c24-17(13-28-19-22-21-18(29-19)20-12-15-4-3-11-27-15)14-5-7-16(8-6-14)30(25,26)23-9-1-2-10-23/h5-8,15H,1-4,9-13H2,(H,20,21)/t15-/m0/s1. The molecule has 8 nitrogen and oxygen atoms in total. The van der Waals surface area contributed by atoms with Gasteiger partial charge in [-0.2, -0.15) is 4.31 Å². The van der Waals surface area contributed by atoms with Crippen molar-refractivity contribution in [1.82, 2.24) is 14.5 Å². The van der Waals surface area contributed by atoms with Gasteiger partial charge in [0.15, 0.2) is 10.1 Å². The first-order valence-electron chi connectivity index (χ1n) is 9.97. The lowest BCUT2D eigenvalue weighted by Gasteiger charge is -2.15. The molecule has 162 valence electrons. The van der Waals surface area contributed by atoms with E-state index >= 15 is 0 Å². The molecule has 1 aromatic carbocycles. The average molecular weight is 469 g/mol. The number of sulfonamides is 1. The number of ketones is 1. The summed E-state index contributed by atoms with van der Waals surface area (Å²) in [6.07, 6.45) is 4.16. The normalized spacial score (nSPS) is 19.9. The lowest BCUT2D eigenvalue weighted by molar-refractivity contribution is 0.102. The van der Waals surface area contributed by atoms with Crippen LogP contribution in [0.3, 0.4) is 0 Å². The number of rotatable bonds is 9. The molecule has 0 bridgehead atoms. The highest BCUT2D eigenvalue weighted by Crippen LogP contribution is 2.27. The number of benzene rings is 1. The molecule has 2 aliphatic heterocycles. The molecule has 0 saturated carbocycles. The predicted octanol–water partition coefficient (Wildman–Crippen LogP) is 2.89. The number of anilines is 1. The Bertz CT molecular complexity index is 966. The Morgan fingerprint density at radius 3 is 2.67 bits per heavy atom. The highest BCUT2D eigenvalue weighted by Gasteiger charge is 2.27. The Kier molecular flexibility index (Phi) is 7.04. The van der Waals surface area contributed by atoms with Crippen LogP contribution < -0.4 is 5.32 Å². The van der Waals surface area contributed by atoms with Gasteiger partial charge in [-0.25, -0.2) is 8.42 Å². The second-order valence-electron chi connectivity index (χ2n) is 7.24. The van der Waals surface area contributed by atoms with Crippen LogP contribution in [0.5, 0.6) is 0 Å². The van der Waals surface area contributed by atoms with Crippen LogP contribution in [0.25, 0.3) is 0 Å². The SMILES string of the molecule is O=C(CSc1nnc(NC[C@@H]2CCCO2)s1)c1ccc(S(=O)(=O)N2CCCC2)cc1. The summed E-state index contributed by atoms with van der Waals surface area (Å²) in [4.78, 5) is 12.7. The first kappa shape index (κ1) is 21.7. The molecule has 30 heavy (non-hydrogen) atoms. The zero-order valence-electron chi connectivity index (χ0n) is 16.5. The molecule has 11 heteroatoms. The van der Waals surface area contributed by atoms with Gasteiger partial charge in [-0.3, -0.25) is 4.79 Å². The second kappa shape index (κ2) is 9.73. The number of carbonyl (C=O) groups is 1. The van der Waals surface area contributed by atoms with Crippen molar-refractivity contribution in [2.45, 2.75) is 41.0 Å². The third kappa shape index (κ3) is 5.20. The van der Waals surface area contributed by atoms with E-state index in [9.17, 15) is 13.2 Å². The molecule has 2 aromatic rings. The summed E-state index contributed by atoms with van der Waals surface area (Å²) in [6.45, 7) is 2.65. The topological polar surface area (TPSA) is 101 Å². The van der Waals surface area contributed by atoms with Gasteiger partial charge >= 0.3 is 0 Å². The van der Waals surface area contributed by atoms with Gasteiger partial charge in [0.1, 0.15) is 0 Å². The third-order valence-electron chi connectivity index (χ3n) is 5.12. The van der Waals surface area contributed by atoms with Crippen molar-refractivity contribution in [2.75, 3.05) is 37.3 Å². The van der Waals surface area contributed by atoms with Gasteiger partial charge in [-0.15, -0.1) is 10.2 Å². The lowest BCUT2D eigenvalue weighted by Crippen LogP contribution is -2.27. The largest absolute Gasteiger partial charge is 0.376 e. The zero-order valence-corrected chi connectivity index (χ0v) is 18.9. The minimum atomic E-state index is -3.46. The maximum Gasteiger partial charge on any atom is 0.243 e. The molecular formula is C19H24N4O4S3. The van der Waals surface area contributed by atoms with Crippen molar-refractivity contribution in [3.63, 3.8) is 0 Å². The number of nitrogens with one attached hydrogen (secondary N) is 1. The number of carbonyl (C=O) groups excluding carboxylic acids is 1. The molecular weight excluding hydrogens is 444 g/mol. The number of hydrogen-bond donors (Lipinski definition) is 1. The van der Waals surface area contributed by atoms with Crippen LogP contribution >= 0.6 is 23.1 Å². The van der Waals surface area contributed by atoms with Crippen LogP contribution in [0, 0.1) is 0 Å². The Balaban J connectivity index is 1.29. The van der Waals surface area contributed by atoms with Crippen molar-refractivity contribution in [3.8, 4) is 0 Å². The van der Waals surface area contributed by atoms with E-state index in [-0.39, 0.29) is 22.5 Å². The van der Waals surface area contributed by atoms with Gasteiger partial charge in [0.05, 0.1) is 16.8 Å². The van der Waals surface area contributed by atoms with Crippen LogP contribution in [0.2, 0.25) is 0 Å². The van der Waals surface area contributed by atoms with E-state index < -0.39 is 10.0 Å². The fourth-order valence-corrected chi connectivity index (χ4v) is 6.62. The minimum absolute atomic E-state index is 0.0748. The lowest BCUT2D eigenvalue weighted by atomic mass is 10.1. The molecule has 0 radical (unpaired) electrons. The van der Waals surface area contributed by atoms with E-state index in [0.717, 1.165) is 37.4 Å². The summed E-state index contributed by atoms with van der Waals surface area (Å²) in [6, 6.07) is 6.20. The molecule has 2 saturated heterocycles. The molecule has 1 aromatic heterocycles. The fourth-order valence-electron chi connectivity index (χ4n) is 3.45. The van der Waals surface area contributed by atoms with Crippen LogP contribution in [-0.2, 0) is 14.8 Å². The summed E-state index contributed by atoms with van der Waals surface area (Å²) in [5, 5.41) is 12.2. The maximum absolute atomic E-state index is 12.6. The summed E-state index contributed by atoms with van der Waals surface area (Å²) in [5.74, 6) is 0.146. The molecule has 2 fully saturated rings. The number of hydrogen-bond acceptors (Lipinski definition) is 9. The van der Waals surface area contributed by atoms with Gasteiger partial charge in [0, 0.05) is 31.8 Å². The van der Waals surface area contributed by atoms with Gasteiger partial charge in [0.25, 0.3) is 0 Å². The highest BCUT2D eigenvalue weighted by atomic mass is 32.2. The van der Waals surface area contributed by atoms with Crippen molar-refractivity contribution < 1.29 is 17.9 Å². The monoisotopic (exact) mass is 468 g/mol. The predicted molar refractivity (Wildman–Crippen MR) is 117 cm³/mol. The van der Waals surface area contributed by atoms with E-state index in [1.807, 2.05) is 0 Å². The Hall–Kier alpha value is -1.53. The summed E-state index contributed by atoms with van der Waals surface area (Å²) >= 11 is 2.74. The van der Waals surface area contributed by atoms with E-state index in [0.29, 0.717) is 29.5 Å². The number of nitrogens with zero attached hydrogens (tertiary/aromatic N) is 3. The van der Waals surface area contributed by atoms with Gasteiger partial charge < -0.3 is 10.1 Å². The Morgan fingerprint density at radius 2 is 1.97 bits per heavy atom. The first-order chi connectivity index (χ1) is 14.5. The molecule has 3 heterocycles. The van der Waals surface area contributed by atoms with E-state index in [2.05, 4.69) is 15.5 Å². The summed E-state index contributed by atoms with van der Waals surface area (Å²) in [7, 11) is -3.46. The highest BCUT2D eigenvalue weighted by molar-refractivity contribution is 8.01. The van der Waals surface area contributed by atoms with E-state index in [1.165, 1.54) is 39.5 Å². The van der Waals surface area contributed by atoms with Crippen LogP contribution in [0.4, 0.5) is 5.13 Å². The van der Waals surface area contributed by atoms with Gasteiger partial charge in [-0.1, -0.05) is 35.2 Å². The van der Waals surface area contributed by atoms with Gasteiger partial charge in [0.2, 0.25) is 15.2 Å². The molecule has 4 rings (SSSR count). The molecule has 0 amide bonds. The zero-order chi connectivity index (χ0) is 21.0. The third-order valence-corrected chi connectivity index (χ3v) is 9.04. The van der Waals surface area contributed by atoms with Crippen molar-refractivity contribution >= 4 is 44.0 Å². The van der Waals surface area contributed by atoms with Crippen molar-refractivity contribution in [2.24, 2.45) is 0 Å². The Labute approximate surface area is 184 Å². The quantitative estimate of drug-likeness (QED) is 0.443. The number of aromatic nitrogens is 2. The molecule has 2 aliphatic rings. The Morgan fingerprint density at radius 1 is 1.20 bits per heavy atom. The number of Topliss-reactive ketones (excluding diaryl/α,β-unsaturated/α-hetero) is 1. The van der Waals surface area contributed by atoms with Crippen LogP contribution in [0.15, 0.2) is 33.5 Å². The summed E-state index contributed by atoms with van der Waals surface area (Å²) < 4.78 is 32.9. The van der Waals surface area contributed by atoms with E-state index in [1.54, 1.807) is 12.1 Å². The van der Waals surface area contributed by atoms with Crippen molar-refractivity contribution in [3.05, 3.63) is 29.8 Å². The van der Waals surface area contributed by atoms with Crippen LogP contribution in [-0.4, -0.2) is 66.8 Å². The molecule has 0 aliphatic carbocycles. The average Bonchev–Trinajstić information content (AvgIpc) is 3.53. The first-order valence-corrected chi connectivity index (χ1v) is 13.2. The van der Waals surface area contributed by atoms with Crippen LogP contribution in [0.1, 0.15) is 36.0 Å². The number of ether oxygens (including phenoxy) is 1. The molecule has 0 spiro atoms. The fraction of sp³-hybridized carbons (Fsp3) is 0.526. The molecule has 1 atom stereocenters. The summed E-state index contributed by atoms with van der Waals surface area (Å²) in [5.41, 5.74) is 0.490. The maximum atomic E-state index is 12.6. The van der Waals surface area contributed by atoms with Crippen molar-refractivity contribution in [1.29, 1.82) is 0 Å². The van der Waals surface area contributed by atoms with E-state index in [4.69, 9.17) is 4.74 Å². The number of thioether (sulfide) groups is 1. The second-order valence-corrected chi connectivity index (χ2v) is 11.4.